The number of esters is 1. The van der Waals surface area contributed by atoms with E-state index in [1.54, 1.807) is 19.1 Å². The molecule has 4 rings (SSSR count). The number of nitrogens with zero attached hydrogens (tertiary/aromatic N) is 2. The third kappa shape index (κ3) is 3.86. The number of rotatable bonds is 6. The van der Waals surface area contributed by atoms with Gasteiger partial charge in [-0.2, -0.15) is 0 Å². The van der Waals surface area contributed by atoms with Gasteiger partial charge in [0.05, 0.1) is 6.61 Å². The number of halogens is 1. The Morgan fingerprint density at radius 1 is 1.20 bits per heavy atom. The van der Waals surface area contributed by atoms with E-state index in [-0.39, 0.29) is 11.7 Å². The Hall–Kier alpha value is -3.03. The van der Waals surface area contributed by atoms with E-state index in [4.69, 9.17) is 21.3 Å². The van der Waals surface area contributed by atoms with Crippen molar-refractivity contribution in [3.05, 3.63) is 69.7 Å². The van der Waals surface area contributed by atoms with E-state index in [1.165, 1.54) is 11.3 Å². The van der Waals surface area contributed by atoms with Crippen LogP contribution in [0, 0.1) is 6.92 Å². The van der Waals surface area contributed by atoms with Gasteiger partial charge in [-0.3, -0.25) is 4.40 Å². The summed E-state index contributed by atoms with van der Waals surface area (Å²) >= 11 is 7.29. The molecule has 0 bridgehead atoms. The Morgan fingerprint density at radius 3 is 2.57 bits per heavy atom. The van der Waals surface area contributed by atoms with Gasteiger partial charge in [0, 0.05) is 22.8 Å². The average Bonchev–Trinajstić information content (AvgIpc) is 3.25. The number of phenols is 1. The molecule has 0 saturated carbocycles. The summed E-state index contributed by atoms with van der Waals surface area (Å²) in [4.78, 5) is 18.3. The molecule has 2 N–H and O–H groups in total. The molecule has 0 aliphatic carbocycles. The molecule has 0 amide bonds. The Labute approximate surface area is 182 Å². The lowest BCUT2D eigenvalue weighted by molar-refractivity contribution is 0.0531. The van der Waals surface area contributed by atoms with Crippen LogP contribution < -0.4 is 5.32 Å². The first-order valence-corrected chi connectivity index (χ1v) is 10.6. The fraction of sp³-hybridized carbons (Fsp3) is 0.182. The van der Waals surface area contributed by atoms with E-state index < -0.39 is 0 Å². The molecule has 0 fully saturated rings. The second-order valence-corrected chi connectivity index (χ2v) is 8.10. The van der Waals surface area contributed by atoms with Crippen molar-refractivity contribution in [1.29, 1.82) is 0 Å². The zero-order chi connectivity index (χ0) is 21.3. The molecular weight excluding hydrogens is 422 g/mol. The van der Waals surface area contributed by atoms with Gasteiger partial charge in [-0.05, 0) is 55.8 Å². The van der Waals surface area contributed by atoms with Crippen LogP contribution >= 0.6 is 22.9 Å². The van der Waals surface area contributed by atoms with Crippen LogP contribution in [0.3, 0.4) is 0 Å². The highest BCUT2D eigenvalue weighted by Crippen LogP contribution is 2.35. The van der Waals surface area contributed by atoms with Crippen LogP contribution in [0.5, 0.6) is 5.75 Å². The summed E-state index contributed by atoms with van der Waals surface area (Å²) in [5.41, 5.74) is 3.43. The van der Waals surface area contributed by atoms with Crippen molar-refractivity contribution >= 4 is 39.7 Å². The predicted octanol–water partition coefficient (Wildman–Crippen LogP) is 5.52. The maximum Gasteiger partial charge on any atom is 0.350 e. The SMILES string of the molecule is CCOC(=O)c1sc2nc(-c3ccc(O)cc3)c(NCc3ccc(Cl)cc3)n2c1C. The van der Waals surface area contributed by atoms with Crippen molar-refractivity contribution < 1.29 is 14.6 Å². The van der Waals surface area contributed by atoms with Gasteiger partial charge in [-0.1, -0.05) is 35.1 Å². The van der Waals surface area contributed by atoms with Crippen LogP contribution in [0.1, 0.15) is 27.9 Å². The molecule has 0 spiro atoms. The zero-order valence-electron chi connectivity index (χ0n) is 16.5. The topological polar surface area (TPSA) is 75.9 Å². The number of hydrogen-bond acceptors (Lipinski definition) is 6. The van der Waals surface area contributed by atoms with Gasteiger partial charge in [0.1, 0.15) is 22.1 Å². The lowest BCUT2D eigenvalue weighted by Gasteiger charge is -2.10. The van der Waals surface area contributed by atoms with Crippen LogP contribution in [0.25, 0.3) is 16.2 Å². The van der Waals surface area contributed by atoms with Crippen molar-refractivity contribution in [3.8, 4) is 17.0 Å². The van der Waals surface area contributed by atoms with Gasteiger partial charge in [0.2, 0.25) is 0 Å². The van der Waals surface area contributed by atoms with E-state index in [2.05, 4.69) is 5.32 Å². The summed E-state index contributed by atoms with van der Waals surface area (Å²) < 4.78 is 7.13. The smallest absolute Gasteiger partial charge is 0.350 e. The Kier molecular flexibility index (Phi) is 5.65. The number of ether oxygens (including phenoxy) is 1. The van der Waals surface area contributed by atoms with Crippen molar-refractivity contribution in [2.24, 2.45) is 0 Å². The minimum Gasteiger partial charge on any atom is -0.508 e. The molecular formula is C22H20ClN3O3S. The lowest BCUT2D eigenvalue weighted by Crippen LogP contribution is -2.07. The van der Waals surface area contributed by atoms with Crippen molar-refractivity contribution in [2.45, 2.75) is 20.4 Å². The summed E-state index contributed by atoms with van der Waals surface area (Å²) in [5, 5.41) is 13.8. The van der Waals surface area contributed by atoms with Crippen LogP contribution in [-0.2, 0) is 11.3 Å². The van der Waals surface area contributed by atoms with Gasteiger partial charge in [0.25, 0.3) is 0 Å². The first-order valence-electron chi connectivity index (χ1n) is 9.44. The van der Waals surface area contributed by atoms with E-state index in [0.717, 1.165) is 28.3 Å². The number of aromatic hydroxyl groups is 1. The molecule has 30 heavy (non-hydrogen) atoms. The first kappa shape index (κ1) is 20.3. The first-order chi connectivity index (χ1) is 14.5. The quantitative estimate of drug-likeness (QED) is 0.385. The standard InChI is InChI=1S/C22H20ClN3O3S/c1-3-29-21(28)19-13(2)26-20(24-12-14-4-8-16(23)9-5-14)18(25-22(26)30-19)15-6-10-17(27)11-7-15/h4-11,24,27H,3,12H2,1-2H3. The van der Waals surface area contributed by atoms with Crippen LogP contribution in [-0.4, -0.2) is 27.1 Å². The number of aryl methyl sites for hydroxylation is 1. The second-order valence-electron chi connectivity index (χ2n) is 6.69. The molecule has 0 radical (unpaired) electrons. The number of carbonyl (C=O) groups is 1. The highest BCUT2D eigenvalue weighted by molar-refractivity contribution is 7.19. The lowest BCUT2D eigenvalue weighted by atomic mass is 10.1. The summed E-state index contributed by atoms with van der Waals surface area (Å²) in [6, 6.07) is 14.5. The molecule has 2 aromatic carbocycles. The van der Waals surface area contributed by atoms with Crippen molar-refractivity contribution in [3.63, 3.8) is 0 Å². The number of phenolic OH excluding ortho intramolecular Hbond substituents is 1. The molecule has 0 aliphatic heterocycles. The minimum atomic E-state index is -0.347. The normalized spacial score (nSPS) is 11.0. The molecule has 2 heterocycles. The maximum absolute atomic E-state index is 12.3. The third-order valence-corrected chi connectivity index (χ3v) is 6.05. The molecule has 8 heteroatoms. The molecule has 154 valence electrons. The number of carbonyl (C=O) groups excluding carboxylic acids is 1. The van der Waals surface area contributed by atoms with Crippen molar-refractivity contribution in [2.75, 3.05) is 11.9 Å². The third-order valence-electron chi connectivity index (χ3n) is 4.68. The van der Waals surface area contributed by atoms with E-state index in [9.17, 15) is 9.90 Å². The number of nitrogens with one attached hydrogen (secondary N) is 1. The summed E-state index contributed by atoms with van der Waals surface area (Å²) in [7, 11) is 0. The van der Waals surface area contributed by atoms with Crippen LogP contribution in [0.4, 0.5) is 5.82 Å². The minimum absolute atomic E-state index is 0.191. The monoisotopic (exact) mass is 441 g/mol. The number of hydrogen-bond donors (Lipinski definition) is 2. The number of aromatic nitrogens is 2. The molecule has 2 aromatic heterocycles. The molecule has 0 atom stereocenters. The fourth-order valence-corrected chi connectivity index (χ4v) is 4.35. The molecule has 0 aliphatic rings. The molecule has 0 saturated heterocycles. The Morgan fingerprint density at radius 2 is 1.90 bits per heavy atom. The number of imidazole rings is 1. The number of benzene rings is 2. The number of thiazole rings is 1. The zero-order valence-corrected chi connectivity index (χ0v) is 18.0. The second kappa shape index (κ2) is 8.38. The van der Waals surface area contributed by atoms with Gasteiger partial charge >= 0.3 is 5.97 Å². The van der Waals surface area contributed by atoms with E-state index in [0.29, 0.717) is 28.0 Å². The number of anilines is 1. The van der Waals surface area contributed by atoms with Gasteiger partial charge in [-0.15, -0.1) is 0 Å². The van der Waals surface area contributed by atoms with Crippen LogP contribution in [0.15, 0.2) is 48.5 Å². The summed E-state index contributed by atoms with van der Waals surface area (Å²) in [6.07, 6.45) is 0. The van der Waals surface area contributed by atoms with E-state index in [1.807, 2.05) is 47.7 Å². The number of fused-ring (bicyclic) bond motifs is 1. The molecule has 0 unspecified atom stereocenters. The van der Waals surface area contributed by atoms with Crippen LogP contribution in [0.2, 0.25) is 5.02 Å². The Balaban J connectivity index is 1.79. The molecule has 4 aromatic rings. The molecule has 6 nitrogen and oxygen atoms in total. The highest BCUT2D eigenvalue weighted by atomic mass is 35.5. The summed E-state index contributed by atoms with van der Waals surface area (Å²) in [6.45, 7) is 4.54. The Bertz CT molecular complexity index is 1200. The highest BCUT2D eigenvalue weighted by Gasteiger charge is 2.23. The summed E-state index contributed by atoms with van der Waals surface area (Å²) in [5.74, 6) is 0.617. The van der Waals surface area contributed by atoms with Crippen molar-refractivity contribution in [1.82, 2.24) is 9.38 Å². The predicted molar refractivity (Wildman–Crippen MR) is 120 cm³/mol. The largest absolute Gasteiger partial charge is 0.508 e. The maximum atomic E-state index is 12.3. The van der Waals surface area contributed by atoms with Gasteiger partial charge < -0.3 is 15.2 Å². The average molecular weight is 442 g/mol. The fourth-order valence-electron chi connectivity index (χ4n) is 3.20. The van der Waals surface area contributed by atoms with Gasteiger partial charge in [-0.25, -0.2) is 9.78 Å². The van der Waals surface area contributed by atoms with E-state index >= 15 is 0 Å². The van der Waals surface area contributed by atoms with Gasteiger partial charge in [0.15, 0.2) is 4.96 Å².